The first kappa shape index (κ1) is 14.2. The third-order valence-corrected chi connectivity index (χ3v) is 3.74. The van der Waals surface area contributed by atoms with Crippen molar-refractivity contribution in [3.63, 3.8) is 0 Å². The minimum absolute atomic E-state index is 0.132. The van der Waals surface area contributed by atoms with E-state index < -0.39 is 5.82 Å². The minimum Gasteiger partial charge on any atom is -0.289 e. The smallest absolute Gasteiger partial charge is 0.194 e. The molecule has 0 aliphatic heterocycles. The van der Waals surface area contributed by atoms with Crippen LogP contribution >= 0.6 is 27.5 Å². The van der Waals surface area contributed by atoms with Gasteiger partial charge in [-0.2, -0.15) is 0 Å². The number of halogens is 3. The molecule has 0 aliphatic carbocycles. The number of aryl methyl sites for hydroxylation is 2. The molecule has 0 spiro atoms. The zero-order valence-corrected chi connectivity index (χ0v) is 12.8. The Morgan fingerprint density at radius 2 is 1.79 bits per heavy atom. The Labute approximate surface area is 124 Å². The van der Waals surface area contributed by atoms with E-state index in [4.69, 9.17) is 11.6 Å². The fourth-order valence-corrected chi connectivity index (χ4v) is 2.41. The van der Waals surface area contributed by atoms with Crippen LogP contribution in [-0.2, 0) is 0 Å². The quantitative estimate of drug-likeness (QED) is 0.695. The molecule has 2 aromatic rings. The molecular weight excluding hydrogens is 331 g/mol. The second kappa shape index (κ2) is 5.43. The summed E-state index contributed by atoms with van der Waals surface area (Å²) in [5, 5.41) is 0.132. The second-order valence-corrected chi connectivity index (χ2v) is 5.69. The molecule has 2 aromatic carbocycles. The lowest BCUT2D eigenvalue weighted by atomic mass is 9.98. The van der Waals surface area contributed by atoms with Crippen molar-refractivity contribution < 1.29 is 9.18 Å². The molecule has 98 valence electrons. The average Bonchev–Trinajstić information content (AvgIpc) is 2.36. The topological polar surface area (TPSA) is 17.1 Å². The zero-order chi connectivity index (χ0) is 14.2. The van der Waals surface area contributed by atoms with Crippen molar-refractivity contribution in [2.45, 2.75) is 13.8 Å². The van der Waals surface area contributed by atoms with E-state index in [-0.39, 0.29) is 10.8 Å². The molecule has 0 N–H and O–H groups in total. The minimum atomic E-state index is -0.410. The molecule has 0 aliphatic rings. The first-order valence-electron chi connectivity index (χ1n) is 5.66. The summed E-state index contributed by atoms with van der Waals surface area (Å²) < 4.78 is 14.2. The second-order valence-electron chi connectivity index (χ2n) is 4.37. The van der Waals surface area contributed by atoms with E-state index in [1.54, 1.807) is 13.0 Å². The largest absolute Gasteiger partial charge is 0.289 e. The lowest BCUT2D eigenvalue weighted by Gasteiger charge is -2.09. The van der Waals surface area contributed by atoms with Gasteiger partial charge in [-0.3, -0.25) is 4.79 Å². The maximum Gasteiger partial charge on any atom is 0.194 e. The maximum absolute atomic E-state index is 13.4. The highest BCUT2D eigenvalue weighted by Crippen LogP contribution is 2.25. The van der Waals surface area contributed by atoms with E-state index in [0.29, 0.717) is 16.7 Å². The predicted octanol–water partition coefficient (Wildman–Crippen LogP) is 5.09. The van der Waals surface area contributed by atoms with Crippen LogP contribution in [0.1, 0.15) is 27.0 Å². The van der Waals surface area contributed by atoms with Gasteiger partial charge in [0.25, 0.3) is 0 Å². The van der Waals surface area contributed by atoms with Gasteiger partial charge in [0, 0.05) is 15.6 Å². The third-order valence-electron chi connectivity index (χ3n) is 2.94. The highest BCUT2D eigenvalue weighted by Gasteiger charge is 2.17. The molecule has 0 fully saturated rings. The first-order chi connectivity index (χ1) is 8.90. The van der Waals surface area contributed by atoms with Crippen LogP contribution in [0.4, 0.5) is 4.39 Å². The number of benzene rings is 2. The van der Waals surface area contributed by atoms with Crippen LogP contribution < -0.4 is 0 Å². The maximum atomic E-state index is 13.4. The van der Waals surface area contributed by atoms with E-state index in [1.807, 2.05) is 19.1 Å². The monoisotopic (exact) mass is 340 g/mol. The highest BCUT2D eigenvalue weighted by atomic mass is 79.9. The van der Waals surface area contributed by atoms with Crippen molar-refractivity contribution in [1.29, 1.82) is 0 Å². The number of carbonyl (C=O) groups excluding carboxylic acids is 1. The van der Waals surface area contributed by atoms with Gasteiger partial charge in [-0.15, -0.1) is 0 Å². The zero-order valence-electron chi connectivity index (χ0n) is 10.4. The summed E-state index contributed by atoms with van der Waals surface area (Å²) >= 11 is 9.30. The molecule has 19 heavy (non-hydrogen) atoms. The normalized spacial score (nSPS) is 10.6. The fraction of sp³-hybridized carbons (Fsp3) is 0.133. The molecule has 0 atom stereocenters. The summed E-state index contributed by atoms with van der Waals surface area (Å²) in [6.45, 7) is 3.46. The summed E-state index contributed by atoms with van der Waals surface area (Å²) in [6.07, 6.45) is 0. The van der Waals surface area contributed by atoms with Crippen LogP contribution in [0, 0.1) is 19.7 Å². The lowest BCUT2D eigenvalue weighted by Crippen LogP contribution is -2.05. The molecular formula is C15H11BrClFO. The molecule has 0 aromatic heterocycles. The molecule has 0 saturated heterocycles. The Morgan fingerprint density at radius 3 is 2.47 bits per heavy atom. The van der Waals surface area contributed by atoms with Gasteiger partial charge in [-0.1, -0.05) is 33.6 Å². The summed E-state index contributed by atoms with van der Waals surface area (Å²) in [5.74, 6) is -0.612. The van der Waals surface area contributed by atoms with Crippen LogP contribution in [0.25, 0.3) is 0 Å². The highest BCUT2D eigenvalue weighted by molar-refractivity contribution is 9.10. The van der Waals surface area contributed by atoms with Gasteiger partial charge >= 0.3 is 0 Å². The molecule has 0 radical (unpaired) electrons. The van der Waals surface area contributed by atoms with E-state index in [9.17, 15) is 9.18 Å². The molecule has 0 saturated carbocycles. The Hall–Kier alpha value is -1.19. The third kappa shape index (κ3) is 2.88. The van der Waals surface area contributed by atoms with E-state index in [2.05, 4.69) is 15.9 Å². The SMILES string of the molecule is Cc1cc(C(=O)c2cc(Br)ccc2C)c(Cl)cc1F. The number of rotatable bonds is 2. The van der Waals surface area contributed by atoms with E-state index in [0.717, 1.165) is 10.0 Å². The van der Waals surface area contributed by atoms with Gasteiger partial charge in [0.05, 0.1) is 5.02 Å². The van der Waals surface area contributed by atoms with Crippen molar-refractivity contribution in [1.82, 2.24) is 0 Å². The van der Waals surface area contributed by atoms with Crippen LogP contribution in [0.15, 0.2) is 34.8 Å². The Kier molecular flexibility index (Phi) is 4.07. The number of carbonyl (C=O) groups is 1. The van der Waals surface area contributed by atoms with Gasteiger partial charge in [0.2, 0.25) is 0 Å². The number of hydrogen-bond acceptors (Lipinski definition) is 1. The van der Waals surface area contributed by atoms with Crippen LogP contribution in [-0.4, -0.2) is 5.78 Å². The molecule has 1 nitrogen and oxygen atoms in total. The van der Waals surface area contributed by atoms with Crippen molar-refractivity contribution in [2.24, 2.45) is 0 Å². The molecule has 0 unspecified atom stereocenters. The predicted molar refractivity (Wildman–Crippen MR) is 78.5 cm³/mol. The standard InChI is InChI=1S/C15H11BrClFO/c1-8-3-4-10(16)6-11(8)15(19)12-5-9(2)14(18)7-13(12)17/h3-7H,1-2H3. The van der Waals surface area contributed by atoms with Crippen molar-refractivity contribution in [3.8, 4) is 0 Å². The van der Waals surface area contributed by atoms with Gasteiger partial charge in [0.1, 0.15) is 5.82 Å². The molecule has 0 amide bonds. The Balaban J connectivity index is 2.56. The van der Waals surface area contributed by atoms with Crippen molar-refractivity contribution in [2.75, 3.05) is 0 Å². The molecule has 0 bridgehead atoms. The Bertz CT molecular complexity index is 667. The number of ketones is 1. The van der Waals surface area contributed by atoms with E-state index in [1.165, 1.54) is 12.1 Å². The Morgan fingerprint density at radius 1 is 1.11 bits per heavy atom. The summed E-state index contributed by atoms with van der Waals surface area (Å²) in [7, 11) is 0. The average molecular weight is 342 g/mol. The first-order valence-corrected chi connectivity index (χ1v) is 6.83. The van der Waals surface area contributed by atoms with Gasteiger partial charge in [0.15, 0.2) is 5.78 Å². The van der Waals surface area contributed by atoms with E-state index >= 15 is 0 Å². The van der Waals surface area contributed by atoms with Gasteiger partial charge < -0.3 is 0 Å². The van der Waals surface area contributed by atoms with Crippen LogP contribution in [0.2, 0.25) is 5.02 Å². The fourth-order valence-electron chi connectivity index (χ4n) is 1.82. The summed E-state index contributed by atoms with van der Waals surface area (Å²) in [4.78, 5) is 12.5. The van der Waals surface area contributed by atoms with Crippen molar-refractivity contribution >= 4 is 33.3 Å². The van der Waals surface area contributed by atoms with Gasteiger partial charge in [-0.25, -0.2) is 4.39 Å². The molecule has 2 rings (SSSR count). The van der Waals surface area contributed by atoms with Gasteiger partial charge in [-0.05, 0) is 49.2 Å². The number of hydrogen-bond donors (Lipinski definition) is 0. The van der Waals surface area contributed by atoms with Crippen molar-refractivity contribution in [3.05, 3.63) is 67.9 Å². The van der Waals surface area contributed by atoms with Crippen LogP contribution in [0.5, 0.6) is 0 Å². The summed E-state index contributed by atoms with van der Waals surface area (Å²) in [5.41, 5.74) is 2.13. The summed E-state index contributed by atoms with van der Waals surface area (Å²) in [6, 6.07) is 8.12. The lowest BCUT2D eigenvalue weighted by molar-refractivity contribution is 0.103. The molecule has 0 heterocycles. The van der Waals surface area contributed by atoms with Crippen LogP contribution in [0.3, 0.4) is 0 Å². The molecule has 4 heteroatoms.